The monoisotopic (exact) mass is 282 g/mol. The van der Waals surface area contributed by atoms with Crippen molar-refractivity contribution in [1.82, 2.24) is 15.1 Å². The van der Waals surface area contributed by atoms with E-state index >= 15 is 0 Å². The lowest BCUT2D eigenvalue weighted by atomic mass is 10.2. The molecule has 6 nitrogen and oxygen atoms in total. The standard InChI is InChI=1S/C15H14N4O2/c1-18(15(20)21-11-12-7-3-2-4-8-12)19-14-10-6-5-9-13(14)16-17-19/h2-10H,11H2,1H3. The Hall–Kier alpha value is -2.89. The molecule has 0 saturated heterocycles. The molecule has 0 aliphatic rings. The number of benzene rings is 2. The molecule has 0 unspecified atom stereocenters. The fraction of sp³-hybridized carbons (Fsp3) is 0.133. The molecule has 0 N–H and O–H groups in total. The van der Waals surface area contributed by atoms with Crippen LogP contribution in [0.25, 0.3) is 11.0 Å². The maximum atomic E-state index is 12.1. The van der Waals surface area contributed by atoms with Crippen molar-refractivity contribution in [2.75, 3.05) is 12.1 Å². The molecule has 0 spiro atoms. The number of ether oxygens (including phenoxy) is 1. The summed E-state index contributed by atoms with van der Waals surface area (Å²) < 4.78 is 5.26. The van der Waals surface area contributed by atoms with E-state index in [1.807, 2.05) is 54.6 Å². The third-order valence-electron chi connectivity index (χ3n) is 3.09. The van der Waals surface area contributed by atoms with Crippen LogP contribution in [-0.4, -0.2) is 28.2 Å². The predicted octanol–water partition coefficient (Wildman–Crippen LogP) is 2.34. The third-order valence-corrected chi connectivity index (χ3v) is 3.09. The average Bonchev–Trinajstić information content (AvgIpc) is 2.97. The lowest BCUT2D eigenvalue weighted by Crippen LogP contribution is -2.37. The zero-order valence-electron chi connectivity index (χ0n) is 11.5. The fourth-order valence-corrected chi connectivity index (χ4v) is 1.97. The number of carbonyl (C=O) groups is 1. The zero-order valence-corrected chi connectivity index (χ0v) is 11.5. The maximum Gasteiger partial charge on any atom is 0.430 e. The minimum Gasteiger partial charge on any atom is -0.443 e. The lowest BCUT2D eigenvalue weighted by Gasteiger charge is -2.16. The van der Waals surface area contributed by atoms with Crippen LogP contribution >= 0.6 is 0 Å². The molecule has 0 saturated carbocycles. The fourth-order valence-electron chi connectivity index (χ4n) is 1.97. The Kier molecular flexibility index (Phi) is 3.51. The molecule has 0 aliphatic heterocycles. The van der Waals surface area contributed by atoms with E-state index in [0.29, 0.717) is 0 Å². The average molecular weight is 282 g/mol. The SMILES string of the molecule is CN(C(=O)OCc1ccccc1)n1nnc2ccccc21. The highest BCUT2D eigenvalue weighted by molar-refractivity contribution is 5.82. The second kappa shape index (κ2) is 5.62. The highest BCUT2D eigenvalue weighted by Crippen LogP contribution is 2.10. The van der Waals surface area contributed by atoms with Crippen LogP contribution < -0.4 is 5.01 Å². The molecule has 1 heterocycles. The van der Waals surface area contributed by atoms with Crippen LogP contribution in [0.2, 0.25) is 0 Å². The van der Waals surface area contributed by atoms with Crippen LogP contribution in [0.15, 0.2) is 54.6 Å². The molecule has 0 atom stereocenters. The van der Waals surface area contributed by atoms with Crippen molar-refractivity contribution in [2.24, 2.45) is 0 Å². The molecule has 3 aromatic rings. The molecule has 0 fully saturated rings. The Morgan fingerprint density at radius 1 is 1.14 bits per heavy atom. The smallest absolute Gasteiger partial charge is 0.430 e. The van der Waals surface area contributed by atoms with Gasteiger partial charge in [0, 0.05) is 7.05 Å². The molecular formula is C15H14N4O2. The first-order valence-electron chi connectivity index (χ1n) is 6.51. The molecule has 1 aromatic heterocycles. The molecule has 6 heteroatoms. The minimum absolute atomic E-state index is 0.219. The van der Waals surface area contributed by atoms with Gasteiger partial charge in [0.2, 0.25) is 0 Å². The van der Waals surface area contributed by atoms with Crippen LogP contribution in [0.5, 0.6) is 0 Å². The summed E-state index contributed by atoms with van der Waals surface area (Å²) in [4.78, 5) is 13.5. The van der Waals surface area contributed by atoms with Gasteiger partial charge in [-0.05, 0) is 22.9 Å². The quantitative estimate of drug-likeness (QED) is 0.739. The first-order chi connectivity index (χ1) is 10.3. The predicted molar refractivity (Wildman–Crippen MR) is 78.3 cm³/mol. The number of aromatic nitrogens is 3. The number of para-hydroxylation sites is 1. The molecular weight excluding hydrogens is 268 g/mol. The third kappa shape index (κ3) is 2.69. The van der Waals surface area contributed by atoms with E-state index in [1.54, 1.807) is 7.05 Å². The maximum absolute atomic E-state index is 12.1. The molecule has 3 rings (SSSR count). The molecule has 1 amide bonds. The Labute approximate surface area is 121 Å². The zero-order chi connectivity index (χ0) is 14.7. The van der Waals surface area contributed by atoms with E-state index in [1.165, 1.54) is 9.80 Å². The van der Waals surface area contributed by atoms with Gasteiger partial charge in [-0.25, -0.2) is 4.79 Å². The molecule has 21 heavy (non-hydrogen) atoms. The highest BCUT2D eigenvalue weighted by Gasteiger charge is 2.16. The van der Waals surface area contributed by atoms with Crippen LogP contribution in [0.3, 0.4) is 0 Å². The van der Waals surface area contributed by atoms with Crippen molar-refractivity contribution >= 4 is 17.1 Å². The number of carbonyl (C=O) groups excluding carboxylic acids is 1. The van der Waals surface area contributed by atoms with Gasteiger partial charge in [0.15, 0.2) is 0 Å². The number of hydrogen-bond donors (Lipinski definition) is 0. The normalized spacial score (nSPS) is 10.5. The van der Waals surface area contributed by atoms with Gasteiger partial charge in [-0.15, -0.1) is 9.89 Å². The van der Waals surface area contributed by atoms with Gasteiger partial charge >= 0.3 is 6.09 Å². The Balaban J connectivity index is 1.72. The van der Waals surface area contributed by atoms with Gasteiger partial charge in [0.25, 0.3) is 0 Å². The highest BCUT2D eigenvalue weighted by atomic mass is 16.6. The van der Waals surface area contributed by atoms with Crippen LogP contribution in [0.1, 0.15) is 5.56 Å². The number of hydrogen-bond acceptors (Lipinski definition) is 4. The van der Waals surface area contributed by atoms with E-state index in [2.05, 4.69) is 10.3 Å². The summed E-state index contributed by atoms with van der Waals surface area (Å²) in [6, 6.07) is 16.9. The van der Waals surface area contributed by atoms with Crippen LogP contribution in [0.4, 0.5) is 4.79 Å². The minimum atomic E-state index is -0.491. The topological polar surface area (TPSA) is 60.2 Å². The van der Waals surface area contributed by atoms with Gasteiger partial charge in [-0.2, -0.15) is 5.01 Å². The summed E-state index contributed by atoms with van der Waals surface area (Å²) in [5, 5.41) is 9.26. The molecule has 2 aromatic carbocycles. The Morgan fingerprint density at radius 3 is 2.67 bits per heavy atom. The molecule has 0 radical (unpaired) electrons. The molecule has 106 valence electrons. The van der Waals surface area contributed by atoms with Crippen molar-refractivity contribution in [3.8, 4) is 0 Å². The van der Waals surface area contributed by atoms with Crippen LogP contribution in [0, 0.1) is 0 Å². The van der Waals surface area contributed by atoms with Crippen molar-refractivity contribution in [1.29, 1.82) is 0 Å². The second-order valence-electron chi connectivity index (χ2n) is 4.53. The number of fused-ring (bicyclic) bond motifs is 1. The van der Waals surface area contributed by atoms with Crippen molar-refractivity contribution in [3.05, 3.63) is 60.2 Å². The number of nitrogens with zero attached hydrogens (tertiary/aromatic N) is 4. The van der Waals surface area contributed by atoms with Crippen molar-refractivity contribution < 1.29 is 9.53 Å². The first-order valence-corrected chi connectivity index (χ1v) is 6.51. The van der Waals surface area contributed by atoms with Gasteiger partial charge < -0.3 is 4.74 Å². The number of rotatable bonds is 3. The summed E-state index contributed by atoms with van der Waals surface area (Å²) in [5.74, 6) is 0. The van der Waals surface area contributed by atoms with Gasteiger partial charge in [0.05, 0.1) is 0 Å². The lowest BCUT2D eigenvalue weighted by molar-refractivity contribution is 0.141. The van der Waals surface area contributed by atoms with E-state index in [0.717, 1.165) is 16.6 Å². The van der Waals surface area contributed by atoms with E-state index in [-0.39, 0.29) is 6.61 Å². The largest absolute Gasteiger partial charge is 0.443 e. The Bertz CT molecular complexity index is 754. The Morgan fingerprint density at radius 2 is 1.86 bits per heavy atom. The summed E-state index contributed by atoms with van der Waals surface area (Å²) in [6.07, 6.45) is -0.491. The summed E-state index contributed by atoms with van der Waals surface area (Å²) >= 11 is 0. The van der Waals surface area contributed by atoms with Crippen molar-refractivity contribution in [3.63, 3.8) is 0 Å². The van der Waals surface area contributed by atoms with Gasteiger partial charge in [-0.1, -0.05) is 42.5 Å². The van der Waals surface area contributed by atoms with Gasteiger partial charge in [0.1, 0.15) is 17.6 Å². The summed E-state index contributed by atoms with van der Waals surface area (Å²) in [5.41, 5.74) is 2.40. The van der Waals surface area contributed by atoms with E-state index < -0.39 is 6.09 Å². The van der Waals surface area contributed by atoms with E-state index in [9.17, 15) is 4.79 Å². The van der Waals surface area contributed by atoms with Crippen molar-refractivity contribution in [2.45, 2.75) is 6.61 Å². The molecule has 0 aliphatic carbocycles. The van der Waals surface area contributed by atoms with Gasteiger partial charge in [-0.3, -0.25) is 0 Å². The first kappa shape index (κ1) is 13.1. The molecule has 0 bridgehead atoms. The van der Waals surface area contributed by atoms with Crippen LogP contribution in [-0.2, 0) is 11.3 Å². The summed E-state index contributed by atoms with van der Waals surface area (Å²) in [6.45, 7) is 0.219. The number of amides is 1. The van der Waals surface area contributed by atoms with E-state index in [4.69, 9.17) is 4.74 Å². The summed E-state index contributed by atoms with van der Waals surface area (Å²) in [7, 11) is 1.59. The second-order valence-corrected chi connectivity index (χ2v) is 4.53.